The summed E-state index contributed by atoms with van der Waals surface area (Å²) in [5, 5.41) is 10.0. The topological polar surface area (TPSA) is 55.5 Å². The molecular formula is C21H31NO2. The van der Waals surface area contributed by atoms with Gasteiger partial charge in [-0.25, -0.2) is 5.90 Å². The maximum Gasteiger partial charge on any atom is 0.115 e. The third kappa shape index (κ3) is 2.10. The van der Waals surface area contributed by atoms with Crippen LogP contribution in [0.15, 0.2) is 18.2 Å². The van der Waals surface area contributed by atoms with Gasteiger partial charge < -0.3 is 9.94 Å². The fourth-order valence-electron chi connectivity index (χ4n) is 6.58. The standard InChI is InChI=1S/C21H31NO2/c1-13-4-6-18-19-10-14(12-24-22)16-11-15(23)5-7-17(16)21(19,3)9-8-20(13,18)2/h5,7,11,13-14,18-19,23H,4,6,8-10,12,22H2,1-3H3/t13?,14-,18?,19?,20?,21-/m1/s1. The Morgan fingerprint density at radius 2 is 2.00 bits per heavy atom. The maximum atomic E-state index is 10.0. The number of fused-ring (bicyclic) bond motifs is 5. The van der Waals surface area contributed by atoms with Crippen molar-refractivity contribution in [2.24, 2.45) is 29.1 Å². The largest absolute Gasteiger partial charge is 0.508 e. The molecule has 0 bridgehead atoms. The normalized spacial score (nSPS) is 43.8. The molecule has 3 N–H and O–H groups in total. The molecule has 3 aliphatic rings. The van der Waals surface area contributed by atoms with Gasteiger partial charge in [-0.1, -0.05) is 26.8 Å². The smallest absolute Gasteiger partial charge is 0.115 e. The van der Waals surface area contributed by atoms with Gasteiger partial charge in [0.25, 0.3) is 0 Å². The average molecular weight is 329 g/mol. The van der Waals surface area contributed by atoms with Crippen LogP contribution in [-0.4, -0.2) is 11.7 Å². The Morgan fingerprint density at radius 1 is 1.21 bits per heavy atom. The summed E-state index contributed by atoms with van der Waals surface area (Å²) < 4.78 is 0. The summed E-state index contributed by atoms with van der Waals surface area (Å²) in [4.78, 5) is 5.07. The van der Waals surface area contributed by atoms with Crippen LogP contribution in [0.3, 0.4) is 0 Å². The minimum atomic E-state index is 0.225. The van der Waals surface area contributed by atoms with Gasteiger partial charge in [-0.05, 0) is 83.9 Å². The Bertz CT molecular complexity index is 645. The van der Waals surface area contributed by atoms with Crippen molar-refractivity contribution in [2.45, 2.75) is 64.2 Å². The van der Waals surface area contributed by atoms with E-state index in [2.05, 4.69) is 26.8 Å². The Morgan fingerprint density at radius 3 is 2.75 bits per heavy atom. The van der Waals surface area contributed by atoms with Crippen LogP contribution in [0.2, 0.25) is 0 Å². The van der Waals surface area contributed by atoms with Crippen molar-refractivity contribution in [2.75, 3.05) is 6.61 Å². The fourth-order valence-corrected chi connectivity index (χ4v) is 6.58. The van der Waals surface area contributed by atoms with Gasteiger partial charge in [0.1, 0.15) is 5.75 Å². The zero-order valence-corrected chi connectivity index (χ0v) is 15.2. The molecule has 3 aliphatic carbocycles. The summed E-state index contributed by atoms with van der Waals surface area (Å²) in [6, 6.07) is 5.98. The molecule has 0 spiro atoms. The molecule has 0 aliphatic heterocycles. The van der Waals surface area contributed by atoms with Crippen LogP contribution >= 0.6 is 0 Å². The number of rotatable bonds is 2. The van der Waals surface area contributed by atoms with Crippen LogP contribution in [0.5, 0.6) is 5.75 Å². The lowest BCUT2D eigenvalue weighted by Crippen LogP contribution is -2.51. The number of aromatic hydroxyl groups is 1. The first-order valence-corrected chi connectivity index (χ1v) is 9.55. The molecule has 3 nitrogen and oxygen atoms in total. The number of nitrogens with two attached hydrogens (primary N) is 1. The van der Waals surface area contributed by atoms with Crippen molar-refractivity contribution in [3.05, 3.63) is 29.3 Å². The van der Waals surface area contributed by atoms with E-state index in [4.69, 9.17) is 10.7 Å². The lowest BCUT2D eigenvalue weighted by Gasteiger charge is -2.57. The summed E-state index contributed by atoms with van der Waals surface area (Å²) in [5.74, 6) is 8.43. The Labute approximate surface area is 145 Å². The zero-order valence-electron chi connectivity index (χ0n) is 15.2. The second-order valence-corrected chi connectivity index (χ2v) is 9.15. The molecule has 24 heavy (non-hydrogen) atoms. The van der Waals surface area contributed by atoms with Gasteiger partial charge >= 0.3 is 0 Å². The SMILES string of the molecule is CC1CCC2C3C[C@H](CON)c4cc(O)ccc4[C@@]3(C)CCC12C. The quantitative estimate of drug-likeness (QED) is 0.786. The molecule has 1 aromatic rings. The lowest BCUT2D eigenvalue weighted by molar-refractivity contribution is -0.0178. The number of phenols is 1. The molecule has 0 aromatic heterocycles. The molecule has 1 aromatic carbocycles. The fraction of sp³-hybridized carbons (Fsp3) is 0.714. The Hall–Kier alpha value is -1.06. The molecule has 0 amide bonds. The van der Waals surface area contributed by atoms with Crippen LogP contribution in [-0.2, 0) is 10.3 Å². The predicted octanol–water partition coefficient (Wildman–Crippen LogP) is 4.49. The van der Waals surface area contributed by atoms with Crippen molar-refractivity contribution >= 4 is 0 Å². The van der Waals surface area contributed by atoms with Crippen LogP contribution in [0.4, 0.5) is 0 Å². The molecule has 2 saturated carbocycles. The first kappa shape index (κ1) is 16.4. The summed E-state index contributed by atoms with van der Waals surface area (Å²) in [7, 11) is 0. The van der Waals surface area contributed by atoms with Crippen molar-refractivity contribution in [3.8, 4) is 5.75 Å². The van der Waals surface area contributed by atoms with Crippen molar-refractivity contribution in [1.29, 1.82) is 0 Å². The van der Waals surface area contributed by atoms with Gasteiger partial charge in [-0.3, -0.25) is 0 Å². The van der Waals surface area contributed by atoms with Gasteiger partial charge in [0.15, 0.2) is 0 Å². The van der Waals surface area contributed by atoms with Crippen LogP contribution < -0.4 is 5.90 Å². The summed E-state index contributed by atoms with van der Waals surface area (Å²) >= 11 is 0. The number of hydrogen-bond acceptors (Lipinski definition) is 3. The molecule has 0 saturated heterocycles. The summed E-state index contributed by atoms with van der Waals surface area (Å²) in [5.41, 5.74) is 3.41. The molecule has 132 valence electrons. The first-order chi connectivity index (χ1) is 11.4. The van der Waals surface area contributed by atoms with Crippen LogP contribution in [0.25, 0.3) is 0 Å². The molecule has 0 radical (unpaired) electrons. The molecular weight excluding hydrogens is 298 g/mol. The van der Waals surface area contributed by atoms with E-state index >= 15 is 0 Å². The third-order valence-electron chi connectivity index (χ3n) is 8.30. The minimum absolute atomic E-state index is 0.225. The van der Waals surface area contributed by atoms with Crippen molar-refractivity contribution in [3.63, 3.8) is 0 Å². The van der Waals surface area contributed by atoms with E-state index in [1.807, 2.05) is 12.1 Å². The third-order valence-corrected chi connectivity index (χ3v) is 8.30. The number of benzene rings is 1. The summed E-state index contributed by atoms with van der Waals surface area (Å²) in [6.45, 7) is 8.01. The Kier molecular flexibility index (Phi) is 3.74. The molecule has 6 atom stereocenters. The lowest BCUT2D eigenvalue weighted by atomic mass is 9.47. The minimum Gasteiger partial charge on any atom is -0.508 e. The molecule has 3 heteroatoms. The molecule has 4 unspecified atom stereocenters. The van der Waals surface area contributed by atoms with E-state index in [-0.39, 0.29) is 5.41 Å². The molecule has 0 heterocycles. The highest BCUT2D eigenvalue weighted by Crippen LogP contribution is 2.66. The van der Waals surface area contributed by atoms with Gasteiger partial charge in [-0.2, -0.15) is 0 Å². The van der Waals surface area contributed by atoms with E-state index in [1.165, 1.54) is 36.8 Å². The highest BCUT2D eigenvalue weighted by molar-refractivity contribution is 5.45. The summed E-state index contributed by atoms with van der Waals surface area (Å²) in [6.07, 6.45) is 6.44. The van der Waals surface area contributed by atoms with Crippen LogP contribution in [0, 0.1) is 23.2 Å². The Balaban J connectivity index is 1.81. The van der Waals surface area contributed by atoms with Crippen molar-refractivity contribution in [1.82, 2.24) is 0 Å². The van der Waals surface area contributed by atoms with E-state index in [9.17, 15) is 5.11 Å². The van der Waals surface area contributed by atoms with E-state index in [0.29, 0.717) is 29.6 Å². The predicted molar refractivity (Wildman–Crippen MR) is 95.7 cm³/mol. The first-order valence-electron chi connectivity index (χ1n) is 9.55. The monoisotopic (exact) mass is 329 g/mol. The second-order valence-electron chi connectivity index (χ2n) is 9.15. The second kappa shape index (κ2) is 5.47. The maximum absolute atomic E-state index is 10.0. The van der Waals surface area contributed by atoms with Crippen LogP contribution in [0.1, 0.15) is 69.9 Å². The highest BCUT2D eigenvalue weighted by Gasteiger charge is 2.58. The van der Waals surface area contributed by atoms with Gasteiger partial charge in [0.05, 0.1) is 6.61 Å². The average Bonchev–Trinajstić information content (AvgIpc) is 2.85. The van der Waals surface area contributed by atoms with E-state index in [1.54, 1.807) is 0 Å². The molecule has 2 fully saturated rings. The highest BCUT2D eigenvalue weighted by atomic mass is 16.6. The van der Waals surface area contributed by atoms with Gasteiger partial charge in [-0.15, -0.1) is 0 Å². The molecule has 4 rings (SSSR count). The number of hydrogen-bond donors (Lipinski definition) is 2. The van der Waals surface area contributed by atoms with Gasteiger partial charge in [0.2, 0.25) is 0 Å². The van der Waals surface area contributed by atoms with E-state index in [0.717, 1.165) is 18.3 Å². The number of phenolic OH excluding ortho intramolecular Hbond substituents is 1. The zero-order chi connectivity index (χ0) is 17.1. The van der Waals surface area contributed by atoms with E-state index < -0.39 is 0 Å². The van der Waals surface area contributed by atoms with Gasteiger partial charge in [0, 0.05) is 5.92 Å². The van der Waals surface area contributed by atoms with Crippen molar-refractivity contribution < 1.29 is 9.94 Å².